The van der Waals surface area contributed by atoms with Gasteiger partial charge in [0.1, 0.15) is 0 Å². The summed E-state index contributed by atoms with van der Waals surface area (Å²) in [4.78, 5) is 4.83. The molecule has 16 heavy (non-hydrogen) atoms. The van der Waals surface area contributed by atoms with Crippen LogP contribution in [0.4, 0.5) is 0 Å². The van der Waals surface area contributed by atoms with E-state index in [0.29, 0.717) is 0 Å². The summed E-state index contributed by atoms with van der Waals surface area (Å²) in [5, 5.41) is 0. The Hall–Kier alpha value is -1.12. The molecule has 0 saturated carbocycles. The summed E-state index contributed by atoms with van der Waals surface area (Å²) in [7, 11) is 2.18. The van der Waals surface area contributed by atoms with E-state index in [0.717, 1.165) is 25.2 Å². The van der Waals surface area contributed by atoms with Crippen molar-refractivity contribution in [3.05, 3.63) is 49.1 Å². The monoisotopic (exact) mass is 218 g/mol. The molecule has 0 unspecified atom stereocenters. The summed E-state index contributed by atoms with van der Waals surface area (Å²) in [5.74, 6) is 0. The van der Waals surface area contributed by atoms with Gasteiger partial charge in [0.25, 0.3) is 0 Å². The minimum absolute atomic E-state index is 1.02. The third-order valence-corrected chi connectivity index (χ3v) is 2.82. The van der Waals surface area contributed by atoms with Gasteiger partial charge in [-0.2, -0.15) is 0 Å². The maximum Gasteiger partial charge on any atom is 0.0167 e. The highest BCUT2D eigenvalue weighted by molar-refractivity contribution is 5.32. The van der Waals surface area contributed by atoms with Crippen molar-refractivity contribution < 1.29 is 0 Å². The molecule has 1 saturated heterocycles. The van der Waals surface area contributed by atoms with Crippen LogP contribution < -0.4 is 0 Å². The first kappa shape index (κ1) is 12.9. The van der Waals surface area contributed by atoms with Crippen molar-refractivity contribution in [2.45, 2.75) is 0 Å². The molecule has 0 atom stereocenters. The van der Waals surface area contributed by atoms with Gasteiger partial charge in [-0.1, -0.05) is 43.5 Å². The van der Waals surface area contributed by atoms with Gasteiger partial charge >= 0.3 is 0 Å². The molecule has 2 heteroatoms. The van der Waals surface area contributed by atoms with Crippen molar-refractivity contribution in [1.29, 1.82) is 0 Å². The first-order valence-electron chi connectivity index (χ1n) is 5.79. The average Bonchev–Trinajstić information content (AvgIpc) is 2.30. The van der Waals surface area contributed by atoms with Gasteiger partial charge in [-0.15, -0.1) is 0 Å². The molecule has 1 aliphatic rings. The maximum atomic E-state index is 3.77. The topological polar surface area (TPSA) is 6.48 Å². The molecular formula is C14H22N2. The lowest BCUT2D eigenvalue weighted by Gasteiger charge is -2.31. The Morgan fingerprint density at radius 3 is 2.44 bits per heavy atom. The van der Waals surface area contributed by atoms with Crippen LogP contribution >= 0.6 is 0 Å². The van der Waals surface area contributed by atoms with Crippen molar-refractivity contribution in [2.75, 3.05) is 39.8 Å². The summed E-state index contributed by atoms with van der Waals surface area (Å²) in [6.07, 6.45) is 9.90. The lowest BCUT2D eigenvalue weighted by Crippen LogP contribution is -2.44. The van der Waals surface area contributed by atoms with Crippen LogP contribution in [0.2, 0.25) is 0 Å². The average molecular weight is 218 g/mol. The van der Waals surface area contributed by atoms with Crippen LogP contribution in [-0.2, 0) is 0 Å². The Labute approximate surface area is 99.2 Å². The van der Waals surface area contributed by atoms with Crippen LogP contribution in [0.25, 0.3) is 0 Å². The number of hydrogen-bond donors (Lipinski definition) is 0. The minimum atomic E-state index is 1.02. The smallest absolute Gasteiger partial charge is 0.0167 e. The van der Waals surface area contributed by atoms with Crippen LogP contribution in [0.3, 0.4) is 0 Å². The number of piperazine rings is 1. The van der Waals surface area contributed by atoms with Crippen LogP contribution in [0.1, 0.15) is 0 Å². The van der Waals surface area contributed by atoms with E-state index < -0.39 is 0 Å². The molecule has 0 N–H and O–H groups in total. The second-order valence-corrected chi connectivity index (χ2v) is 4.11. The van der Waals surface area contributed by atoms with E-state index in [4.69, 9.17) is 0 Å². The van der Waals surface area contributed by atoms with E-state index in [1.54, 1.807) is 6.08 Å². The lowest BCUT2D eigenvalue weighted by molar-refractivity contribution is 0.166. The first-order chi connectivity index (χ1) is 7.76. The molecule has 0 aromatic carbocycles. The van der Waals surface area contributed by atoms with Crippen LogP contribution in [0.15, 0.2) is 49.1 Å². The van der Waals surface area contributed by atoms with E-state index in [1.807, 2.05) is 12.2 Å². The third kappa shape index (κ3) is 4.60. The van der Waals surface area contributed by atoms with Gasteiger partial charge in [0, 0.05) is 32.7 Å². The van der Waals surface area contributed by atoms with Crippen molar-refractivity contribution in [2.24, 2.45) is 0 Å². The van der Waals surface area contributed by atoms with Gasteiger partial charge in [0.2, 0.25) is 0 Å². The van der Waals surface area contributed by atoms with Gasteiger partial charge in [-0.3, -0.25) is 4.90 Å². The van der Waals surface area contributed by atoms with Gasteiger partial charge in [0.05, 0.1) is 0 Å². The molecule has 1 aliphatic heterocycles. The molecule has 1 rings (SSSR count). The van der Waals surface area contributed by atoms with Crippen molar-refractivity contribution >= 4 is 0 Å². The predicted octanol–water partition coefficient (Wildman–Crippen LogP) is 2.09. The van der Waals surface area contributed by atoms with Crippen molar-refractivity contribution in [1.82, 2.24) is 9.80 Å². The standard InChI is InChI=1S/C14H22N2/c1-4-7-14(5-2)8-6-9-16-12-10-15(3)11-13-16/h4-8H,1-2,9-13H2,3H3/b8-6+,14-7+. The van der Waals surface area contributed by atoms with E-state index >= 15 is 0 Å². The van der Waals surface area contributed by atoms with E-state index in [1.165, 1.54) is 13.1 Å². The number of nitrogens with zero attached hydrogens (tertiary/aromatic N) is 2. The van der Waals surface area contributed by atoms with Crippen molar-refractivity contribution in [3.63, 3.8) is 0 Å². The highest BCUT2D eigenvalue weighted by Crippen LogP contribution is 2.01. The summed E-state index contributed by atoms with van der Waals surface area (Å²) in [6.45, 7) is 13.1. The number of likely N-dealkylation sites (N-methyl/N-ethyl adjacent to an activating group) is 1. The molecule has 0 spiro atoms. The summed E-state index contributed by atoms with van der Waals surface area (Å²) < 4.78 is 0. The Bertz CT molecular complexity index is 281. The summed E-state index contributed by atoms with van der Waals surface area (Å²) in [6, 6.07) is 0. The fraction of sp³-hybridized carbons (Fsp3) is 0.429. The largest absolute Gasteiger partial charge is 0.304 e. The summed E-state index contributed by atoms with van der Waals surface area (Å²) in [5.41, 5.74) is 1.11. The second-order valence-electron chi connectivity index (χ2n) is 4.11. The normalized spacial score (nSPS) is 20.2. The molecule has 0 radical (unpaired) electrons. The zero-order chi connectivity index (χ0) is 11.8. The zero-order valence-corrected chi connectivity index (χ0v) is 10.2. The van der Waals surface area contributed by atoms with E-state index in [9.17, 15) is 0 Å². The fourth-order valence-electron chi connectivity index (χ4n) is 1.70. The maximum absolute atomic E-state index is 3.77. The molecule has 0 aliphatic carbocycles. The predicted molar refractivity (Wildman–Crippen MR) is 71.6 cm³/mol. The Balaban J connectivity index is 2.33. The molecule has 1 fully saturated rings. The Morgan fingerprint density at radius 1 is 1.19 bits per heavy atom. The highest BCUT2D eigenvalue weighted by atomic mass is 15.2. The van der Waals surface area contributed by atoms with Crippen molar-refractivity contribution in [3.8, 4) is 0 Å². The highest BCUT2D eigenvalue weighted by Gasteiger charge is 2.11. The fourth-order valence-corrected chi connectivity index (χ4v) is 1.70. The second kappa shape index (κ2) is 7.20. The third-order valence-electron chi connectivity index (χ3n) is 2.82. The molecular weight excluding hydrogens is 196 g/mol. The molecule has 0 bridgehead atoms. The Kier molecular flexibility index (Phi) is 5.83. The Morgan fingerprint density at radius 2 is 1.88 bits per heavy atom. The van der Waals surface area contributed by atoms with E-state index in [-0.39, 0.29) is 0 Å². The minimum Gasteiger partial charge on any atom is -0.304 e. The van der Waals surface area contributed by atoms with Crippen LogP contribution in [0.5, 0.6) is 0 Å². The molecule has 2 nitrogen and oxygen atoms in total. The molecule has 0 aromatic rings. The zero-order valence-electron chi connectivity index (χ0n) is 10.2. The van der Waals surface area contributed by atoms with Crippen LogP contribution in [-0.4, -0.2) is 49.6 Å². The lowest BCUT2D eigenvalue weighted by atomic mass is 10.2. The first-order valence-corrected chi connectivity index (χ1v) is 5.79. The molecule has 1 heterocycles. The van der Waals surface area contributed by atoms with Crippen LogP contribution in [0, 0.1) is 0 Å². The molecule has 88 valence electrons. The number of hydrogen-bond acceptors (Lipinski definition) is 2. The molecule has 0 amide bonds. The quantitative estimate of drug-likeness (QED) is 0.652. The summed E-state index contributed by atoms with van der Waals surface area (Å²) >= 11 is 0. The number of rotatable bonds is 5. The van der Waals surface area contributed by atoms with Gasteiger partial charge < -0.3 is 4.90 Å². The van der Waals surface area contributed by atoms with Gasteiger partial charge in [0.15, 0.2) is 0 Å². The van der Waals surface area contributed by atoms with E-state index in [2.05, 4.69) is 42.2 Å². The van der Waals surface area contributed by atoms with Gasteiger partial charge in [-0.05, 0) is 12.6 Å². The SMILES string of the molecule is C=C/C=C(C=C)/C=C/CN1CCN(C)CC1. The molecule has 0 aromatic heterocycles. The van der Waals surface area contributed by atoms with Gasteiger partial charge in [-0.25, -0.2) is 0 Å². The number of allylic oxidation sites excluding steroid dienone is 5.